The van der Waals surface area contributed by atoms with E-state index in [0.717, 1.165) is 25.8 Å². The third kappa shape index (κ3) is 4.04. The molecule has 0 aromatic heterocycles. The number of carbonyl (C=O) groups is 1. The summed E-state index contributed by atoms with van der Waals surface area (Å²) in [5.74, 6) is 0.270. The molecule has 1 amide bonds. The Morgan fingerprint density at radius 2 is 2.47 bits per heavy atom. The standard InChI is InChI=1S/C12H22N2O/c1-4-5-6-10(2)13-11-7-8-12(15)14(3)9-11/h4,10-11,13H,1,5-9H2,2-3H3/t10-,11+/m1/s1. The van der Waals surface area contributed by atoms with Gasteiger partial charge in [0, 0.05) is 32.1 Å². The number of nitrogens with one attached hydrogen (secondary N) is 1. The van der Waals surface area contributed by atoms with Crippen LogP contribution in [-0.4, -0.2) is 36.5 Å². The van der Waals surface area contributed by atoms with Crippen molar-refractivity contribution in [3.8, 4) is 0 Å². The molecule has 3 heteroatoms. The van der Waals surface area contributed by atoms with Crippen LogP contribution in [0.15, 0.2) is 12.7 Å². The summed E-state index contributed by atoms with van der Waals surface area (Å²) in [5.41, 5.74) is 0. The second-order valence-corrected chi connectivity index (χ2v) is 4.44. The fraction of sp³-hybridized carbons (Fsp3) is 0.750. The van der Waals surface area contributed by atoms with Gasteiger partial charge in [-0.3, -0.25) is 4.79 Å². The van der Waals surface area contributed by atoms with Gasteiger partial charge in [-0.05, 0) is 26.2 Å². The summed E-state index contributed by atoms with van der Waals surface area (Å²) < 4.78 is 0. The van der Waals surface area contributed by atoms with E-state index < -0.39 is 0 Å². The highest BCUT2D eigenvalue weighted by Gasteiger charge is 2.23. The predicted octanol–water partition coefficient (Wildman–Crippen LogP) is 1.55. The topological polar surface area (TPSA) is 32.3 Å². The van der Waals surface area contributed by atoms with Crippen molar-refractivity contribution in [3.63, 3.8) is 0 Å². The molecule has 2 atom stereocenters. The third-order valence-corrected chi connectivity index (χ3v) is 2.95. The van der Waals surface area contributed by atoms with Crippen LogP contribution < -0.4 is 5.32 Å². The molecule has 15 heavy (non-hydrogen) atoms. The Morgan fingerprint density at radius 1 is 1.73 bits per heavy atom. The predicted molar refractivity (Wildman–Crippen MR) is 62.7 cm³/mol. The van der Waals surface area contributed by atoms with Crippen molar-refractivity contribution >= 4 is 5.91 Å². The third-order valence-electron chi connectivity index (χ3n) is 2.95. The zero-order valence-corrected chi connectivity index (χ0v) is 9.83. The molecule has 1 saturated heterocycles. The van der Waals surface area contributed by atoms with Crippen molar-refractivity contribution in [1.82, 2.24) is 10.2 Å². The highest BCUT2D eigenvalue weighted by Crippen LogP contribution is 2.11. The molecular weight excluding hydrogens is 188 g/mol. The lowest BCUT2D eigenvalue weighted by atomic mass is 10.0. The number of likely N-dealkylation sites (tertiary alicyclic amines) is 1. The van der Waals surface area contributed by atoms with Crippen molar-refractivity contribution in [2.45, 2.75) is 44.7 Å². The molecule has 1 heterocycles. The molecule has 0 spiro atoms. The van der Waals surface area contributed by atoms with Gasteiger partial charge >= 0.3 is 0 Å². The second kappa shape index (κ2) is 5.91. The van der Waals surface area contributed by atoms with E-state index in [1.54, 1.807) is 0 Å². The number of piperidine rings is 1. The van der Waals surface area contributed by atoms with Crippen LogP contribution in [0.5, 0.6) is 0 Å². The Hall–Kier alpha value is -0.830. The van der Waals surface area contributed by atoms with Crippen LogP contribution in [0.25, 0.3) is 0 Å². The molecule has 0 aliphatic carbocycles. The van der Waals surface area contributed by atoms with E-state index in [1.165, 1.54) is 0 Å². The molecule has 0 bridgehead atoms. The zero-order chi connectivity index (χ0) is 11.3. The van der Waals surface area contributed by atoms with E-state index in [1.807, 2.05) is 18.0 Å². The van der Waals surface area contributed by atoms with Crippen LogP contribution in [0.4, 0.5) is 0 Å². The maximum atomic E-state index is 11.3. The van der Waals surface area contributed by atoms with Gasteiger partial charge in [0.2, 0.25) is 5.91 Å². The summed E-state index contributed by atoms with van der Waals surface area (Å²) in [6.45, 7) is 6.76. The van der Waals surface area contributed by atoms with Gasteiger partial charge < -0.3 is 10.2 Å². The molecule has 3 nitrogen and oxygen atoms in total. The lowest BCUT2D eigenvalue weighted by molar-refractivity contribution is -0.132. The second-order valence-electron chi connectivity index (χ2n) is 4.44. The number of allylic oxidation sites excluding steroid dienone is 1. The molecule has 1 fully saturated rings. The minimum absolute atomic E-state index is 0.270. The average molecular weight is 210 g/mol. The normalized spacial score (nSPS) is 24.0. The van der Waals surface area contributed by atoms with Crippen LogP contribution in [0.1, 0.15) is 32.6 Å². The van der Waals surface area contributed by atoms with Crippen LogP contribution in [0, 0.1) is 0 Å². The highest BCUT2D eigenvalue weighted by molar-refractivity contribution is 5.76. The summed E-state index contributed by atoms with van der Waals surface area (Å²) >= 11 is 0. The molecule has 0 unspecified atom stereocenters. The average Bonchev–Trinajstić information content (AvgIpc) is 2.20. The fourth-order valence-corrected chi connectivity index (χ4v) is 2.00. The van der Waals surface area contributed by atoms with Crippen LogP contribution in [0.2, 0.25) is 0 Å². The van der Waals surface area contributed by atoms with Crippen molar-refractivity contribution in [3.05, 3.63) is 12.7 Å². The van der Waals surface area contributed by atoms with E-state index in [4.69, 9.17) is 0 Å². The number of likely N-dealkylation sites (N-methyl/N-ethyl adjacent to an activating group) is 1. The van der Waals surface area contributed by atoms with Crippen molar-refractivity contribution in [1.29, 1.82) is 0 Å². The molecule has 0 aromatic carbocycles. The van der Waals surface area contributed by atoms with Gasteiger partial charge in [0.05, 0.1) is 0 Å². The molecule has 0 saturated carbocycles. The maximum Gasteiger partial charge on any atom is 0.222 e. The van der Waals surface area contributed by atoms with Crippen molar-refractivity contribution in [2.24, 2.45) is 0 Å². The molecule has 1 N–H and O–H groups in total. The van der Waals surface area contributed by atoms with E-state index in [2.05, 4.69) is 18.8 Å². The van der Waals surface area contributed by atoms with E-state index in [0.29, 0.717) is 18.5 Å². The number of rotatable bonds is 5. The molecule has 1 aliphatic heterocycles. The summed E-state index contributed by atoms with van der Waals surface area (Å²) in [7, 11) is 1.88. The Labute approximate surface area is 92.5 Å². The zero-order valence-electron chi connectivity index (χ0n) is 9.83. The van der Waals surface area contributed by atoms with Gasteiger partial charge in [0.15, 0.2) is 0 Å². The van der Waals surface area contributed by atoms with E-state index in [-0.39, 0.29) is 5.91 Å². The first-order valence-corrected chi connectivity index (χ1v) is 5.74. The molecule has 1 rings (SSSR count). The van der Waals surface area contributed by atoms with Crippen LogP contribution in [-0.2, 0) is 4.79 Å². The Balaban J connectivity index is 2.26. The largest absolute Gasteiger partial charge is 0.344 e. The summed E-state index contributed by atoms with van der Waals surface area (Å²) in [5, 5.41) is 3.56. The number of carbonyl (C=O) groups excluding carboxylic acids is 1. The highest BCUT2D eigenvalue weighted by atomic mass is 16.2. The number of amides is 1. The fourth-order valence-electron chi connectivity index (χ4n) is 2.00. The smallest absolute Gasteiger partial charge is 0.222 e. The van der Waals surface area contributed by atoms with Crippen LogP contribution in [0.3, 0.4) is 0 Å². The van der Waals surface area contributed by atoms with Crippen molar-refractivity contribution in [2.75, 3.05) is 13.6 Å². The van der Waals surface area contributed by atoms with Gasteiger partial charge in [-0.2, -0.15) is 0 Å². The first-order chi connectivity index (χ1) is 7.13. The van der Waals surface area contributed by atoms with Gasteiger partial charge in [-0.25, -0.2) is 0 Å². The lowest BCUT2D eigenvalue weighted by Gasteiger charge is -2.32. The summed E-state index contributed by atoms with van der Waals surface area (Å²) in [6, 6.07) is 0.974. The van der Waals surface area contributed by atoms with Gasteiger partial charge in [-0.1, -0.05) is 6.08 Å². The SMILES string of the molecule is C=CCC[C@@H](C)N[C@H]1CCC(=O)N(C)C1. The quantitative estimate of drug-likeness (QED) is 0.698. The minimum atomic E-state index is 0.270. The summed E-state index contributed by atoms with van der Waals surface area (Å²) in [4.78, 5) is 13.1. The lowest BCUT2D eigenvalue weighted by Crippen LogP contribution is -2.49. The first-order valence-electron chi connectivity index (χ1n) is 5.74. The molecule has 0 aromatic rings. The van der Waals surface area contributed by atoms with E-state index in [9.17, 15) is 4.79 Å². The van der Waals surface area contributed by atoms with Gasteiger partial charge in [0.1, 0.15) is 0 Å². The maximum absolute atomic E-state index is 11.3. The monoisotopic (exact) mass is 210 g/mol. The Bertz CT molecular complexity index is 228. The van der Waals surface area contributed by atoms with Gasteiger partial charge in [0.25, 0.3) is 0 Å². The van der Waals surface area contributed by atoms with Crippen molar-refractivity contribution < 1.29 is 4.79 Å². The van der Waals surface area contributed by atoms with Crippen LogP contribution >= 0.6 is 0 Å². The van der Waals surface area contributed by atoms with Gasteiger partial charge in [-0.15, -0.1) is 6.58 Å². The van der Waals surface area contributed by atoms with E-state index >= 15 is 0 Å². The number of hydrogen-bond donors (Lipinski definition) is 1. The Kier molecular flexibility index (Phi) is 4.82. The minimum Gasteiger partial charge on any atom is -0.344 e. The molecular formula is C12H22N2O. The molecule has 86 valence electrons. The first kappa shape index (κ1) is 12.2. The Morgan fingerprint density at radius 3 is 3.07 bits per heavy atom. The number of hydrogen-bond acceptors (Lipinski definition) is 2. The summed E-state index contributed by atoms with van der Waals surface area (Å²) in [6.07, 6.45) is 5.78. The molecule has 0 radical (unpaired) electrons. The molecule has 1 aliphatic rings. The number of nitrogens with zero attached hydrogens (tertiary/aromatic N) is 1.